The number of hydrogen-bond donors (Lipinski definition) is 1. The molecule has 0 spiro atoms. The van der Waals surface area contributed by atoms with Gasteiger partial charge >= 0.3 is 0 Å². The first-order chi connectivity index (χ1) is 13.6. The van der Waals surface area contributed by atoms with Crippen molar-refractivity contribution in [3.05, 3.63) is 42.5 Å². The summed E-state index contributed by atoms with van der Waals surface area (Å²) in [4.78, 5) is 9.63. The van der Waals surface area contributed by atoms with Crippen molar-refractivity contribution in [2.45, 2.75) is 39.3 Å². The van der Waals surface area contributed by atoms with Gasteiger partial charge in [0.2, 0.25) is 0 Å². The number of ether oxygens (including phenoxy) is 1. The maximum absolute atomic E-state index is 9.52. The first-order valence-corrected chi connectivity index (χ1v) is 10.3. The molecule has 1 aromatic carbocycles. The lowest BCUT2D eigenvalue weighted by molar-refractivity contribution is 0.0510. The van der Waals surface area contributed by atoms with Gasteiger partial charge in [-0.1, -0.05) is 13.8 Å². The van der Waals surface area contributed by atoms with E-state index in [2.05, 4.69) is 45.3 Å². The molecule has 0 radical (unpaired) electrons. The van der Waals surface area contributed by atoms with E-state index in [0.717, 1.165) is 56.4 Å². The predicted molar refractivity (Wildman–Crippen MR) is 112 cm³/mol. The van der Waals surface area contributed by atoms with Crippen LogP contribution in [0.2, 0.25) is 0 Å². The predicted octanol–water partition coefficient (Wildman–Crippen LogP) is 2.80. The monoisotopic (exact) mass is 386 g/mol. The van der Waals surface area contributed by atoms with E-state index >= 15 is 0 Å². The van der Waals surface area contributed by atoms with Gasteiger partial charge in [0.05, 0.1) is 13.7 Å². The van der Waals surface area contributed by atoms with Gasteiger partial charge in [-0.05, 0) is 49.6 Å². The number of benzene rings is 1. The Kier molecular flexibility index (Phi) is 7.48. The number of aromatic nitrogens is 2. The smallest absolute Gasteiger partial charge is 0.127 e. The number of hydrogen-bond acceptors (Lipinski definition) is 5. The molecule has 1 N–H and O–H groups in total. The van der Waals surface area contributed by atoms with Gasteiger partial charge in [-0.25, -0.2) is 4.98 Å². The molecule has 28 heavy (non-hydrogen) atoms. The average Bonchev–Trinajstić information content (AvgIpc) is 3.15. The quantitative estimate of drug-likeness (QED) is 0.718. The van der Waals surface area contributed by atoms with Gasteiger partial charge < -0.3 is 14.4 Å². The van der Waals surface area contributed by atoms with Crippen molar-refractivity contribution >= 4 is 0 Å². The molecule has 1 aromatic heterocycles. The molecule has 1 atom stereocenters. The summed E-state index contributed by atoms with van der Waals surface area (Å²) < 4.78 is 7.40. The van der Waals surface area contributed by atoms with Crippen LogP contribution in [-0.4, -0.2) is 70.4 Å². The molecular formula is C22H34N4O2. The van der Waals surface area contributed by atoms with Crippen LogP contribution in [0.15, 0.2) is 36.7 Å². The number of nitrogens with zero attached hydrogens (tertiary/aromatic N) is 4. The fourth-order valence-electron chi connectivity index (χ4n) is 3.87. The highest BCUT2D eigenvalue weighted by Gasteiger charge is 2.27. The molecule has 0 amide bonds. The molecule has 6 heteroatoms. The second-order valence-electron chi connectivity index (χ2n) is 8.03. The van der Waals surface area contributed by atoms with E-state index in [-0.39, 0.29) is 6.61 Å². The Balaban J connectivity index is 1.65. The van der Waals surface area contributed by atoms with Crippen molar-refractivity contribution < 1.29 is 9.84 Å². The second-order valence-corrected chi connectivity index (χ2v) is 8.03. The lowest BCUT2D eigenvalue weighted by Crippen LogP contribution is -2.53. The highest BCUT2D eigenvalue weighted by molar-refractivity contribution is 5.38. The molecule has 6 nitrogen and oxygen atoms in total. The lowest BCUT2D eigenvalue weighted by Gasteiger charge is -2.41. The van der Waals surface area contributed by atoms with Gasteiger partial charge in [0.1, 0.15) is 11.6 Å². The van der Waals surface area contributed by atoms with E-state index in [1.165, 1.54) is 6.42 Å². The fourth-order valence-corrected chi connectivity index (χ4v) is 3.87. The Morgan fingerprint density at radius 1 is 1.21 bits per heavy atom. The Morgan fingerprint density at radius 2 is 2.00 bits per heavy atom. The third-order valence-electron chi connectivity index (χ3n) is 5.58. The Hall–Kier alpha value is -1.89. The average molecular weight is 387 g/mol. The highest BCUT2D eigenvalue weighted by atomic mass is 16.5. The summed E-state index contributed by atoms with van der Waals surface area (Å²) in [6.45, 7) is 9.81. The van der Waals surface area contributed by atoms with Crippen LogP contribution in [0, 0.1) is 5.92 Å². The summed E-state index contributed by atoms with van der Waals surface area (Å²) in [5.41, 5.74) is 1.09. The minimum atomic E-state index is 0.247. The third kappa shape index (κ3) is 5.34. The molecule has 1 aliphatic rings. The highest BCUT2D eigenvalue weighted by Crippen LogP contribution is 2.20. The first-order valence-electron chi connectivity index (χ1n) is 10.3. The van der Waals surface area contributed by atoms with Gasteiger partial charge in [0, 0.05) is 50.4 Å². The van der Waals surface area contributed by atoms with Crippen LogP contribution in [0.3, 0.4) is 0 Å². The van der Waals surface area contributed by atoms with E-state index in [9.17, 15) is 5.11 Å². The summed E-state index contributed by atoms with van der Waals surface area (Å²) in [6.07, 6.45) is 5.93. The van der Waals surface area contributed by atoms with Crippen LogP contribution in [0.25, 0.3) is 5.69 Å². The molecule has 0 aliphatic carbocycles. The fraction of sp³-hybridized carbons (Fsp3) is 0.591. The molecule has 3 rings (SSSR count). The minimum Gasteiger partial charge on any atom is -0.497 e. The molecule has 154 valence electrons. The zero-order valence-corrected chi connectivity index (χ0v) is 17.4. The Labute approximate surface area is 168 Å². The number of rotatable bonds is 9. The number of imidazole rings is 1. The molecule has 1 aliphatic heterocycles. The number of aliphatic hydroxyl groups excluding tert-OH is 1. The van der Waals surface area contributed by atoms with Crippen LogP contribution in [0.5, 0.6) is 5.75 Å². The number of aliphatic hydroxyl groups is 1. The van der Waals surface area contributed by atoms with Crippen molar-refractivity contribution in [2.75, 3.05) is 39.9 Å². The van der Waals surface area contributed by atoms with Gasteiger partial charge in [0.15, 0.2) is 0 Å². The van der Waals surface area contributed by atoms with E-state index in [4.69, 9.17) is 4.74 Å². The van der Waals surface area contributed by atoms with Crippen molar-refractivity contribution in [3.8, 4) is 11.4 Å². The van der Waals surface area contributed by atoms with Crippen LogP contribution < -0.4 is 4.74 Å². The topological polar surface area (TPSA) is 53.8 Å². The third-order valence-corrected chi connectivity index (χ3v) is 5.58. The van der Waals surface area contributed by atoms with E-state index in [0.29, 0.717) is 12.0 Å². The molecular weight excluding hydrogens is 352 g/mol. The Bertz CT molecular complexity index is 714. The summed E-state index contributed by atoms with van der Waals surface area (Å²) in [7, 11) is 1.68. The Morgan fingerprint density at radius 3 is 2.68 bits per heavy atom. The van der Waals surface area contributed by atoms with Crippen LogP contribution >= 0.6 is 0 Å². The maximum Gasteiger partial charge on any atom is 0.127 e. The standard InChI is InChI=1S/C22H34N4O2/c1-18(2)8-11-25-14-13-24(16-20(25)9-15-27)17-22-23-10-12-26(22)19-4-6-21(28-3)7-5-19/h4-7,10,12,18,20,27H,8-9,11,13-17H2,1-3H3. The van der Waals surface area contributed by atoms with Crippen molar-refractivity contribution in [2.24, 2.45) is 5.92 Å². The lowest BCUT2D eigenvalue weighted by atomic mass is 10.1. The maximum atomic E-state index is 9.52. The van der Waals surface area contributed by atoms with Crippen LogP contribution in [0.1, 0.15) is 32.5 Å². The number of methoxy groups -OCH3 is 1. The van der Waals surface area contributed by atoms with Crippen LogP contribution in [-0.2, 0) is 6.54 Å². The molecule has 1 saturated heterocycles. The SMILES string of the molecule is COc1ccc(-n2ccnc2CN2CCN(CCC(C)C)C(CCO)C2)cc1. The van der Waals surface area contributed by atoms with E-state index in [1.807, 2.05) is 24.5 Å². The van der Waals surface area contributed by atoms with Gasteiger partial charge in [-0.2, -0.15) is 0 Å². The summed E-state index contributed by atoms with van der Waals surface area (Å²) >= 11 is 0. The summed E-state index contributed by atoms with van der Waals surface area (Å²) in [6, 6.07) is 8.49. The van der Waals surface area contributed by atoms with Gasteiger partial charge in [-0.15, -0.1) is 0 Å². The van der Waals surface area contributed by atoms with Crippen LogP contribution in [0.4, 0.5) is 0 Å². The minimum absolute atomic E-state index is 0.247. The van der Waals surface area contributed by atoms with E-state index < -0.39 is 0 Å². The molecule has 2 aromatic rings. The molecule has 0 saturated carbocycles. The van der Waals surface area contributed by atoms with Crippen molar-refractivity contribution in [1.82, 2.24) is 19.4 Å². The van der Waals surface area contributed by atoms with Gasteiger partial charge in [0.25, 0.3) is 0 Å². The first kappa shape index (κ1) is 20.8. The molecule has 2 heterocycles. The van der Waals surface area contributed by atoms with E-state index in [1.54, 1.807) is 7.11 Å². The zero-order chi connectivity index (χ0) is 19.9. The van der Waals surface area contributed by atoms with Gasteiger partial charge in [-0.3, -0.25) is 9.80 Å². The van der Waals surface area contributed by atoms with Crippen molar-refractivity contribution in [3.63, 3.8) is 0 Å². The molecule has 1 unspecified atom stereocenters. The largest absolute Gasteiger partial charge is 0.497 e. The number of piperazine rings is 1. The normalized spacial score (nSPS) is 18.7. The summed E-state index contributed by atoms with van der Waals surface area (Å²) in [5, 5.41) is 9.52. The molecule has 0 bridgehead atoms. The molecule has 1 fully saturated rings. The van der Waals surface area contributed by atoms with Crippen molar-refractivity contribution in [1.29, 1.82) is 0 Å². The second kappa shape index (κ2) is 10.0. The zero-order valence-electron chi connectivity index (χ0n) is 17.4. The summed E-state index contributed by atoms with van der Waals surface area (Å²) in [5.74, 6) is 2.61.